The van der Waals surface area contributed by atoms with Gasteiger partial charge in [0.2, 0.25) is 0 Å². The number of rotatable bonds is 9. The molecule has 0 aliphatic rings. The fourth-order valence-electron chi connectivity index (χ4n) is 1.99. The minimum atomic E-state index is -0.481. The number of ether oxygens (including phenoxy) is 1. The van der Waals surface area contributed by atoms with Gasteiger partial charge in [0.05, 0.1) is 0 Å². The molecule has 0 spiro atoms. The van der Waals surface area contributed by atoms with Crippen LogP contribution >= 0.6 is 0 Å². The molecule has 1 aromatic carbocycles. The summed E-state index contributed by atoms with van der Waals surface area (Å²) in [5.41, 5.74) is 1.17. The largest absolute Gasteiger partial charge is 0.481 e. The lowest BCUT2D eigenvalue weighted by Gasteiger charge is -2.17. The van der Waals surface area contributed by atoms with Crippen LogP contribution in [0, 0.1) is 0 Å². The van der Waals surface area contributed by atoms with Gasteiger partial charge in [-0.3, -0.25) is 4.79 Å². The highest BCUT2D eigenvalue weighted by Gasteiger charge is 2.14. The lowest BCUT2D eigenvalue weighted by atomic mass is 10.1. The monoisotopic (exact) mass is 292 g/mol. The zero-order valence-corrected chi connectivity index (χ0v) is 13.6. The first-order chi connectivity index (χ1) is 10.1. The molecule has 2 unspecified atom stereocenters. The first-order valence-corrected chi connectivity index (χ1v) is 7.86. The van der Waals surface area contributed by atoms with E-state index in [-0.39, 0.29) is 11.9 Å². The molecule has 21 heavy (non-hydrogen) atoms. The van der Waals surface area contributed by atoms with Crippen molar-refractivity contribution in [1.82, 2.24) is 10.6 Å². The smallest absolute Gasteiger partial charge is 0.260 e. The number of hydrogen-bond acceptors (Lipinski definition) is 3. The third-order valence-electron chi connectivity index (χ3n) is 3.29. The van der Waals surface area contributed by atoms with Gasteiger partial charge in [-0.15, -0.1) is 0 Å². The summed E-state index contributed by atoms with van der Waals surface area (Å²) in [5, 5.41) is 6.29. The minimum Gasteiger partial charge on any atom is -0.481 e. The van der Waals surface area contributed by atoms with Gasteiger partial charge in [-0.05, 0) is 50.9 Å². The molecule has 0 fully saturated rings. The highest BCUT2D eigenvalue weighted by molar-refractivity contribution is 5.80. The molecule has 0 heterocycles. The van der Waals surface area contributed by atoms with Gasteiger partial charge < -0.3 is 15.4 Å². The lowest BCUT2D eigenvalue weighted by Crippen LogP contribution is -2.36. The van der Waals surface area contributed by atoms with E-state index in [9.17, 15) is 4.79 Å². The van der Waals surface area contributed by atoms with E-state index in [1.54, 1.807) is 6.92 Å². The maximum atomic E-state index is 11.8. The molecular formula is C17H28N2O2. The van der Waals surface area contributed by atoms with Gasteiger partial charge in [0, 0.05) is 12.6 Å². The van der Waals surface area contributed by atoms with Gasteiger partial charge >= 0.3 is 0 Å². The maximum Gasteiger partial charge on any atom is 0.260 e. The van der Waals surface area contributed by atoms with Crippen molar-refractivity contribution in [2.75, 3.05) is 13.1 Å². The number of nitrogens with one attached hydrogen (secondary N) is 2. The van der Waals surface area contributed by atoms with E-state index >= 15 is 0 Å². The van der Waals surface area contributed by atoms with Crippen LogP contribution in [0.25, 0.3) is 0 Å². The Morgan fingerprint density at radius 1 is 1.19 bits per heavy atom. The number of carbonyl (C=O) groups is 1. The van der Waals surface area contributed by atoms with E-state index in [0.717, 1.165) is 25.1 Å². The van der Waals surface area contributed by atoms with E-state index in [1.165, 1.54) is 5.56 Å². The summed E-state index contributed by atoms with van der Waals surface area (Å²) in [6, 6.07) is 8.20. The topological polar surface area (TPSA) is 50.4 Å². The molecule has 1 rings (SSSR count). The summed E-state index contributed by atoms with van der Waals surface area (Å²) in [6.07, 6.45) is 1.55. The van der Waals surface area contributed by atoms with Crippen molar-refractivity contribution in [3.05, 3.63) is 29.8 Å². The van der Waals surface area contributed by atoms with Crippen LogP contribution in [0.2, 0.25) is 0 Å². The van der Waals surface area contributed by atoms with Gasteiger partial charge in [-0.1, -0.05) is 26.0 Å². The third kappa shape index (κ3) is 6.17. The summed E-state index contributed by atoms with van der Waals surface area (Å²) >= 11 is 0. The van der Waals surface area contributed by atoms with Crippen molar-refractivity contribution in [3.63, 3.8) is 0 Å². The Hall–Kier alpha value is -1.55. The normalized spacial score (nSPS) is 13.5. The van der Waals surface area contributed by atoms with Crippen LogP contribution in [-0.4, -0.2) is 25.1 Å². The number of hydrogen-bond donors (Lipinski definition) is 2. The molecule has 0 aromatic heterocycles. The molecule has 0 aliphatic carbocycles. The van der Waals surface area contributed by atoms with Crippen LogP contribution in [0.5, 0.6) is 5.75 Å². The summed E-state index contributed by atoms with van der Waals surface area (Å²) in [4.78, 5) is 11.8. The average molecular weight is 292 g/mol. The third-order valence-corrected chi connectivity index (χ3v) is 3.29. The van der Waals surface area contributed by atoms with Crippen LogP contribution in [0.4, 0.5) is 0 Å². The van der Waals surface area contributed by atoms with Crippen molar-refractivity contribution in [1.29, 1.82) is 0 Å². The SMILES string of the molecule is CCCNC(=O)C(C)Oc1cccc(C(C)NCCC)c1. The molecule has 4 heteroatoms. The standard InChI is InChI=1S/C17H28N2O2/c1-5-10-18-13(3)15-8-7-9-16(12-15)21-14(4)17(20)19-11-6-2/h7-9,12-14,18H,5-6,10-11H2,1-4H3,(H,19,20). The number of amides is 1. The highest BCUT2D eigenvalue weighted by Crippen LogP contribution is 2.20. The van der Waals surface area contributed by atoms with Gasteiger partial charge in [0.25, 0.3) is 5.91 Å². The molecule has 0 saturated heterocycles. The molecule has 0 bridgehead atoms. The molecule has 0 radical (unpaired) electrons. The molecular weight excluding hydrogens is 264 g/mol. The Labute approximate surface area is 128 Å². The van der Waals surface area contributed by atoms with E-state index in [2.05, 4.69) is 30.5 Å². The summed E-state index contributed by atoms with van der Waals surface area (Å²) in [5.74, 6) is 0.663. The second-order valence-electron chi connectivity index (χ2n) is 5.30. The van der Waals surface area contributed by atoms with Gasteiger partial charge in [0.15, 0.2) is 6.10 Å². The fourth-order valence-corrected chi connectivity index (χ4v) is 1.99. The summed E-state index contributed by atoms with van der Waals surface area (Å²) in [7, 11) is 0. The van der Waals surface area contributed by atoms with Crippen molar-refractivity contribution < 1.29 is 9.53 Å². The quantitative estimate of drug-likeness (QED) is 0.735. The van der Waals surface area contributed by atoms with Crippen LogP contribution in [0.1, 0.15) is 52.1 Å². The fraction of sp³-hybridized carbons (Fsp3) is 0.588. The predicted molar refractivity (Wildman–Crippen MR) is 86.5 cm³/mol. The van der Waals surface area contributed by atoms with Gasteiger partial charge in [-0.2, -0.15) is 0 Å². The Bertz CT molecular complexity index is 435. The molecule has 4 nitrogen and oxygen atoms in total. The molecule has 1 aromatic rings. The Balaban J connectivity index is 2.61. The van der Waals surface area contributed by atoms with E-state index in [0.29, 0.717) is 6.54 Å². The lowest BCUT2D eigenvalue weighted by molar-refractivity contribution is -0.127. The minimum absolute atomic E-state index is 0.0700. The summed E-state index contributed by atoms with van der Waals surface area (Å²) in [6.45, 7) is 9.75. The summed E-state index contributed by atoms with van der Waals surface area (Å²) < 4.78 is 5.73. The van der Waals surface area contributed by atoms with Gasteiger partial charge in [-0.25, -0.2) is 0 Å². The number of carbonyl (C=O) groups excluding carboxylic acids is 1. The van der Waals surface area contributed by atoms with Crippen LogP contribution in [-0.2, 0) is 4.79 Å². The van der Waals surface area contributed by atoms with Crippen molar-refractivity contribution >= 4 is 5.91 Å². The molecule has 1 amide bonds. The Kier molecular flexibility index (Phi) is 7.83. The van der Waals surface area contributed by atoms with Crippen molar-refractivity contribution in [2.24, 2.45) is 0 Å². The second kappa shape index (κ2) is 9.40. The van der Waals surface area contributed by atoms with Crippen LogP contribution < -0.4 is 15.4 Å². The van der Waals surface area contributed by atoms with Crippen LogP contribution in [0.15, 0.2) is 24.3 Å². The van der Waals surface area contributed by atoms with E-state index in [4.69, 9.17) is 4.74 Å². The second-order valence-corrected chi connectivity index (χ2v) is 5.30. The molecule has 2 atom stereocenters. The molecule has 0 aliphatic heterocycles. The van der Waals surface area contributed by atoms with Gasteiger partial charge in [0.1, 0.15) is 5.75 Å². The Morgan fingerprint density at radius 3 is 2.57 bits per heavy atom. The first kappa shape index (κ1) is 17.5. The number of benzene rings is 1. The van der Waals surface area contributed by atoms with Crippen molar-refractivity contribution in [3.8, 4) is 5.75 Å². The molecule has 2 N–H and O–H groups in total. The molecule has 118 valence electrons. The van der Waals surface area contributed by atoms with Crippen molar-refractivity contribution in [2.45, 2.75) is 52.7 Å². The molecule has 0 saturated carbocycles. The van der Waals surface area contributed by atoms with E-state index < -0.39 is 6.10 Å². The zero-order chi connectivity index (χ0) is 15.7. The first-order valence-electron chi connectivity index (χ1n) is 7.86. The average Bonchev–Trinajstić information content (AvgIpc) is 2.50. The van der Waals surface area contributed by atoms with Crippen LogP contribution in [0.3, 0.4) is 0 Å². The zero-order valence-electron chi connectivity index (χ0n) is 13.6. The maximum absolute atomic E-state index is 11.8. The van der Waals surface area contributed by atoms with E-state index in [1.807, 2.05) is 25.1 Å². The highest BCUT2D eigenvalue weighted by atomic mass is 16.5. The Morgan fingerprint density at radius 2 is 1.90 bits per heavy atom. The predicted octanol–water partition coefficient (Wildman–Crippen LogP) is 3.04.